The first-order valence-corrected chi connectivity index (χ1v) is 12.3. The van der Waals surface area contributed by atoms with Gasteiger partial charge in [-0.1, -0.05) is 26.8 Å². The van der Waals surface area contributed by atoms with Gasteiger partial charge in [0.05, 0.1) is 17.0 Å². The Morgan fingerprint density at radius 2 is 1.91 bits per heavy atom. The third-order valence-electron chi connectivity index (χ3n) is 6.53. The molecule has 1 aliphatic carbocycles. The number of ether oxygens (including phenoxy) is 2. The van der Waals surface area contributed by atoms with E-state index >= 15 is 0 Å². The number of nitrogens with one attached hydrogen (secondary N) is 2. The van der Waals surface area contributed by atoms with Crippen LogP contribution in [0.25, 0.3) is 11.0 Å². The third kappa shape index (κ3) is 4.42. The zero-order valence-electron chi connectivity index (χ0n) is 20.2. The molecule has 0 spiro atoms. The highest BCUT2D eigenvalue weighted by atomic mass is 16.6. The highest BCUT2D eigenvalue weighted by Gasteiger charge is 2.30. The van der Waals surface area contributed by atoms with E-state index in [9.17, 15) is 14.4 Å². The lowest BCUT2D eigenvalue weighted by Crippen LogP contribution is -2.35. The van der Waals surface area contributed by atoms with Gasteiger partial charge in [-0.15, -0.1) is 0 Å². The molecule has 1 aromatic carbocycles. The van der Waals surface area contributed by atoms with Crippen LogP contribution in [0.4, 0.5) is 0 Å². The fourth-order valence-electron chi connectivity index (χ4n) is 4.60. The summed E-state index contributed by atoms with van der Waals surface area (Å²) in [5, 5.41) is 3.27. The van der Waals surface area contributed by atoms with Gasteiger partial charge in [0.15, 0.2) is 17.1 Å². The number of nitrogens with zero attached hydrogens (tertiary/aromatic N) is 2. The second kappa shape index (κ2) is 9.20. The van der Waals surface area contributed by atoms with Gasteiger partial charge in [0.1, 0.15) is 13.2 Å². The summed E-state index contributed by atoms with van der Waals surface area (Å²) in [6.45, 7) is 7.38. The van der Waals surface area contributed by atoms with Gasteiger partial charge in [-0.3, -0.25) is 19.1 Å². The van der Waals surface area contributed by atoms with Crippen molar-refractivity contribution in [1.82, 2.24) is 19.9 Å². The number of amides is 1. The van der Waals surface area contributed by atoms with Gasteiger partial charge in [0.2, 0.25) is 0 Å². The van der Waals surface area contributed by atoms with Crippen molar-refractivity contribution in [3.63, 3.8) is 0 Å². The average molecular weight is 479 g/mol. The Balaban J connectivity index is 1.58. The van der Waals surface area contributed by atoms with Crippen LogP contribution < -0.4 is 26.0 Å². The van der Waals surface area contributed by atoms with Crippen LogP contribution in [0.3, 0.4) is 0 Å². The van der Waals surface area contributed by atoms with E-state index in [1.165, 1.54) is 4.57 Å². The van der Waals surface area contributed by atoms with Gasteiger partial charge < -0.3 is 14.8 Å². The molecule has 1 saturated carbocycles. The molecule has 0 saturated heterocycles. The fourth-order valence-corrected chi connectivity index (χ4v) is 4.60. The van der Waals surface area contributed by atoms with E-state index in [0.717, 1.165) is 24.1 Å². The number of carbonyl (C=O) groups is 1. The Kier molecular flexibility index (Phi) is 6.08. The van der Waals surface area contributed by atoms with Crippen molar-refractivity contribution in [3.8, 4) is 11.5 Å². The van der Waals surface area contributed by atoms with Crippen molar-refractivity contribution in [2.45, 2.75) is 58.5 Å². The molecule has 9 nitrogen and oxygen atoms in total. The zero-order valence-corrected chi connectivity index (χ0v) is 20.2. The minimum atomic E-state index is -0.599. The lowest BCUT2D eigenvalue weighted by Gasteiger charge is -2.26. The fraction of sp³-hybridized carbons (Fsp3) is 0.462. The number of aromatic amines is 1. The van der Waals surface area contributed by atoms with Crippen molar-refractivity contribution in [2.75, 3.05) is 13.2 Å². The summed E-state index contributed by atoms with van der Waals surface area (Å²) in [7, 11) is 0. The number of hydrogen-bond donors (Lipinski definition) is 2. The number of aromatic nitrogens is 3. The Bertz CT molecular complexity index is 1400. The van der Waals surface area contributed by atoms with E-state index in [-0.39, 0.29) is 40.4 Å². The molecule has 2 aromatic heterocycles. The van der Waals surface area contributed by atoms with Gasteiger partial charge in [0.25, 0.3) is 11.5 Å². The van der Waals surface area contributed by atoms with Crippen molar-refractivity contribution >= 4 is 16.9 Å². The van der Waals surface area contributed by atoms with E-state index in [2.05, 4.69) is 15.3 Å². The molecule has 9 heteroatoms. The SMILES string of the molecule is CCCn1c(=O)[nH]c(=O)c2c(C(=O)N[C@@H](c3ccc4c(c3)OCCO4)C(C)C)cc(C3CC3)nc21. The predicted molar refractivity (Wildman–Crippen MR) is 131 cm³/mol. The summed E-state index contributed by atoms with van der Waals surface area (Å²) < 4.78 is 12.8. The number of pyridine rings is 1. The quantitative estimate of drug-likeness (QED) is 0.539. The van der Waals surface area contributed by atoms with Gasteiger partial charge in [-0.2, -0.15) is 0 Å². The van der Waals surface area contributed by atoms with E-state index in [4.69, 9.17) is 9.47 Å². The van der Waals surface area contributed by atoms with Crippen LogP contribution in [0, 0.1) is 5.92 Å². The minimum absolute atomic E-state index is 0.0640. The van der Waals surface area contributed by atoms with Gasteiger partial charge in [-0.05, 0) is 48.9 Å². The molecule has 0 radical (unpaired) electrons. The highest BCUT2D eigenvalue weighted by Crippen LogP contribution is 2.40. The molecule has 1 aliphatic heterocycles. The van der Waals surface area contributed by atoms with E-state index < -0.39 is 11.2 Å². The van der Waals surface area contributed by atoms with Crippen LogP contribution in [0.1, 0.15) is 73.6 Å². The summed E-state index contributed by atoms with van der Waals surface area (Å²) in [4.78, 5) is 46.2. The second-order valence-electron chi connectivity index (χ2n) is 9.58. The summed E-state index contributed by atoms with van der Waals surface area (Å²) in [6.07, 6.45) is 2.65. The van der Waals surface area contributed by atoms with Crippen LogP contribution in [0.5, 0.6) is 11.5 Å². The molecule has 35 heavy (non-hydrogen) atoms. The first-order valence-electron chi connectivity index (χ1n) is 12.3. The summed E-state index contributed by atoms with van der Waals surface area (Å²) >= 11 is 0. The molecule has 184 valence electrons. The smallest absolute Gasteiger partial charge is 0.329 e. The first kappa shape index (κ1) is 23.1. The van der Waals surface area contributed by atoms with Crippen molar-refractivity contribution in [3.05, 3.63) is 61.9 Å². The molecule has 1 atom stereocenters. The maximum absolute atomic E-state index is 13.7. The lowest BCUT2D eigenvalue weighted by molar-refractivity contribution is 0.0926. The van der Waals surface area contributed by atoms with E-state index in [1.807, 2.05) is 39.0 Å². The summed E-state index contributed by atoms with van der Waals surface area (Å²) in [5.74, 6) is 1.27. The number of hydrogen-bond acceptors (Lipinski definition) is 6. The van der Waals surface area contributed by atoms with Gasteiger partial charge >= 0.3 is 5.69 Å². The van der Waals surface area contributed by atoms with Crippen LogP contribution >= 0.6 is 0 Å². The third-order valence-corrected chi connectivity index (χ3v) is 6.53. The number of carbonyl (C=O) groups excluding carboxylic acids is 1. The maximum Gasteiger partial charge on any atom is 0.329 e. The topological polar surface area (TPSA) is 115 Å². The Labute approximate surface area is 202 Å². The molecular weight excluding hydrogens is 448 g/mol. The predicted octanol–water partition coefficient (Wildman–Crippen LogP) is 3.27. The van der Waals surface area contributed by atoms with Gasteiger partial charge in [-0.25, -0.2) is 9.78 Å². The second-order valence-corrected chi connectivity index (χ2v) is 9.58. The number of rotatable bonds is 7. The average Bonchev–Trinajstić information content (AvgIpc) is 3.69. The van der Waals surface area contributed by atoms with E-state index in [1.54, 1.807) is 6.07 Å². The van der Waals surface area contributed by atoms with Gasteiger partial charge in [0, 0.05) is 18.2 Å². The molecule has 1 fully saturated rings. The molecule has 0 unspecified atom stereocenters. The Hall–Kier alpha value is -3.62. The number of H-pyrrole nitrogens is 1. The summed E-state index contributed by atoms with van der Waals surface area (Å²) in [6, 6.07) is 7.06. The molecule has 2 aliphatic rings. The molecule has 3 aromatic rings. The zero-order chi connectivity index (χ0) is 24.7. The molecule has 1 amide bonds. The standard InChI is InChI=1S/C26H30N4O5/c1-4-9-30-23-21(25(32)29-26(30)33)17(13-18(27-23)15-5-6-15)24(31)28-22(14(2)3)16-7-8-19-20(12-16)35-11-10-34-19/h7-8,12-15,22H,4-6,9-11H2,1-3H3,(H,28,31)(H,29,32,33)/t22-/m1/s1. The minimum Gasteiger partial charge on any atom is -0.486 e. The number of benzene rings is 1. The molecule has 3 heterocycles. The first-order chi connectivity index (χ1) is 16.9. The molecule has 2 N–H and O–H groups in total. The van der Waals surface area contributed by atoms with Crippen LogP contribution in [0.2, 0.25) is 0 Å². The largest absolute Gasteiger partial charge is 0.486 e. The maximum atomic E-state index is 13.7. The van der Waals surface area contributed by atoms with Crippen LogP contribution in [0.15, 0.2) is 33.9 Å². The normalized spacial score (nSPS) is 15.9. The molecule has 0 bridgehead atoms. The monoisotopic (exact) mass is 478 g/mol. The highest BCUT2D eigenvalue weighted by molar-refractivity contribution is 6.05. The van der Waals surface area contributed by atoms with Crippen molar-refractivity contribution in [2.24, 2.45) is 5.92 Å². The Morgan fingerprint density at radius 3 is 2.60 bits per heavy atom. The van der Waals surface area contributed by atoms with Crippen LogP contribution in [-0.2, 0) is 6.54 Å². The molecule has 5 rings (SSSR count). The van der Waals surface area contributed by atoms with Crippen molar-refractivity contribution in [1.29, 1.82) is 0 Å². The number of aryl methyl sites for hydroxylation is 1. The number of fused-ring (bicyclic) bond motifs is 2. The Morgan fingerprint density at radius 1 is 1.17 bits per heavy atom. The van der Waals surface area contributed by atoms with Crippen molar-refractivity contribution < 1.29 is 14.3 Å². The lowest BCUT2D eigenvalue weighted by atomic mass is 9.95. The molecular formula is C26H30N4O5. The van der Waals surface area contributed by atoms with E-state index in [0.29, 0.717) is 37.7 Å². The summed E-state index contributed by atoms with van der Waals surface area (Å²) in [5.41, 5.74) is 1.04. The van der Waals surface area contributed by atoms with Crippen LogP contribution in [-0.4, -0.2) is 33.7 Å².